The SMILES string of the molecule is CCC1CCC(C(=O)NCC2CCC(NC(C)=O)CC2)CC1. The summed E-state index contributed by atoms with van der Waals surface area (Å²) in [6, 6.07) is 0.341. The molecule has 0 unspecified atom stereocenters. The molecule has 0 aliphatic heterocycles. The standard InChI is InChI=1S/C18H32N2O2/c1-3-14-4-8-16(9-5-14)18(22)19-12-15-6-10-17(11-7-15)20-13(2)21/h14-17H,3-12H2,1-2H3,(H,19,22)(H,20,21). The summed E-state index contributed by atoms with van der Waals surface area (Å²) in [5.74, 6) is 2.02. The van der Waals surface area contributed by atoms with E-state index in [1.54, 1.807) is 6.92 Å². The van der Waals surface area contributed by atoms with Gasteiger partial charge >= 0.3 is 0 Å². The molecule has 0 aromatic rings. The summed E-state index contributed by atoms with van der Waals surface area (Å²) in [5, 5.41) is 6.19. The van der Waals surface area contributed by atoms with Gasteiger partial charge in [-0.2, -0.15) is 0 Å². The molecule has 2 fully saturated rings. The van der Waals surface area contributed by atoms with Gasteiger partial charge in [-0.05, 0) is 63.2 Å². The summed E-state index contributed by atoms with van der Waals surface area (Å²) in [5.41, 5.74) is 0. The monoisotopic (exact) mass is 308 g/mol. The first-order chi connectivity index (χ1) is 10.6. The molecule has 4 nitrogen and oxygen atoms in total. The van der Waals surface area contributed by atoms with Crippen molar-refractivity contribution in [3.8, 4) is 0 Å². The predicted molar refractivity (Wildman–Crippen MR) is 88.3 cm³/mol. The lowest BCUT2D eigenvalue weighted by Gasteiger charge is -2.30. The number of carbonyl (C=O) groups is 2. The average Bonchev–Trinajstić information content (AvgIpc) is 2.53. The number of nitrogens with one attached hydrogen (secondary N) is 2. The highest BCUT2D eigenvalue weighted by atomic mass is 16.2. The van der Waals surface area contributed by atoms with E-state index in [-0.39, 0.29) is 17.7 Å². The van der Waals surface area contributed by atoms with Crippen LogP contribution >= 0.6 is 0 Å². The largest absolute Gasteiger partial charge is 0.356 e. The Labute approximate surface area is 134 Å². The van der Waals surface area contributed by atoms with E-state index < -0.39 is 0 Å². The van der Waals surface area contributed by atoms with Gasteiger partial charge in [0.05, 0.1) is 0 Å². The van der Waals surface area contributed by atoms with Gasteiger partial charge in [0, 0.05) is 25.4 Å². The maximum atomic E-state index is 12.3. The Morgan fingerprint density at radius 2 is 1.50 bits per heavy atom. The van der Waals surface area contributed by atoms with E-state index in [0.29, 0.717) is 12.0 Å². The maximum Gasteiger partial charge on any atom is 0.223 e. The highest BCUT2D eigenvalue weighted by Gasteiger charge is 2.27. The Bertz CT molecular complexity index is 367. The second kappa shape index (κ2) is 8.54. The topological polar surface area (TPSA) is 58.2 Å². The molecule has 2 amide bonds. The van der Waals surface area contributed by atoms with E-state index >= 15 is 0 Å². The molecule has 0 heterocycles. The summed E-state index contributed by atoms with van der Waals surface area (Å²) in [7, 11) is 0. The molecule has 2 N–H and O–H groups in total. The molecule has 2 saturated carbocycles. The summed E-state index contributed by atoms with van der Waals surface area (Å²) < 4.78 is 0. The van der Waals surface area contributed by atoms with E-state index in [0.717, 1.165) is 51.0 Å². The molecule has 0 saturated heterocycles. The van der Waals surface area contributed by atoms with Gasteiger partial charge in [-0.3, -0.25) is 9.59 Å². The highest BCUT2D eigenvalue weighted by Crippen LogP contribution is 2.31. The molecular formula is C18H32N2O2. The zero-order valence-electron chi connectivity index (χ0n) is 14.2. The first-order valence-corrected chi connectivity index (χ1v) is 9.13. The Morgan fingerprint density at radius 1 is 0.909 bits per heavy atom. The fourth-order valence-electron chi connectivity index (χ4n) is 4.02. The van der Waals surface area contributed by atoms with Gasteiger partial charge in [0.1, 0.15) is 0 Å². The van der Waals surface area contributed by atoms with Gasteiger partial charge in [-0.15, -0.1) is 0 Å². The summed E-state index contributed by atoms with van der Waals surface area (Å²) in [6.45, 7) is 4.65. The lowest BCUT2D eigenvalue weighted by Crippen LogP contribution is -2.40. The number of amides is 2. The van der Waals surface area contributed by atoms with Crippen LogP contribution in [0.3, 0.4) is 0 Å². The van der Waals surface area contributed by atoms with E-state index in [1.165, 1.54) is 19.3 Å². The van der Waals surface area contributed by atoms with Crippen LogP contribution in [0.1, 0.15) is 71.6 Å². The zero-order valence-corrected chi connectivity index (χ0v) is 14.2. The molecule has 0 aromatic heterocycles. The molecule has 2 aliphatic rings. The molecule has 0 bridgehead atoms. The highest BCUT2D eigenvalue weighted by molar-refractivity contribution is 5.78. The normalized spacial score (nSPS) is 32.3. The third-order valence-corrected chi connectivity index (χ3v) is 5.61. The number of hydrogen-bond donors (Lipinski definition) is 2. The Hall–Kier alpha value is -1.06. The van der Waals surface area contributed by atoms with Gasteiger partial charge in [-0.25, -0.2) is 0 Å². The third-order valence-electron chi connectivity index (χ3n) is 5.61. The van der Waals surface area contributed by atoms with Crippen LogP contribution in [0.15, 0.2) is 0 Å². The van der Waals surface area contributed by atoms with Gasteiger partial charge < -0.3 is 10.6 Å². The number of hydrogen-bond acceptors (Lipinski definition) is 2. The van der Waals surface area contributed by atoms with E-state index in [2.05, 4.69) is 17.6 Å². The van der Waals surface area contributed by atoms with Crippen molar-refractivity contribution in [2.24, 2.45) is 17.8 Å². The van der Waals surface area contributed by atoms with Gasteiger partial charge in [0.15, 0.2) is 0 Å². The van der Waals surface area contributed by atoms with E-state index in [9.17, 15) is 9.59 Å². The van der Waals surface area contributed by atoms with E-state index in [4.69, 9.17) is 0 Å². The fraction of sp³-hybridized carbons (Fsp3) is 0.889. The van der Waals surface area contributed by atoms with Crippen molar-refractivity contribution < 1.29 is 9.59 Å². The van der Waals surface area contributed by atoms with Crippen LogP contribution in [-0.2, 0) is 9.59 Å². The lowest BCUT2D eigenvalue weighted by molar-refractivity contribution is -0.126. The molecule has 0 radical (unpaired) electrons. The maximum absolute atomic E-state index is 12.3. The molecular weight excluding hydrogens is 276 g/mol. The minimum atomic E-state index is 0.0689. The average molecular weight is 308 g/mol. The van der Waals surface area contributed by atoms with Crippen molar-refractivity contribution >= 4 is 11.8 Å². The van der Waals surface area contributed by atoms with Crippen molar-refractivity contribution in [1.82, 2.24) is 10.6 Å². The lowest BCUT2D eigenvalue weighted by atomic mass is 9.80. The van der Waals surface area contributed by atoms with Crippen LogP contribution in [-0.4, -0.2) is 24.4 Å². The Morgan fingerprint density at radius 3 is 2.05 bits per heavy atom. The summed E-state index contributed by atoms with van der Waals surface area (Å²) >= 11 is 0. The molecule has 0 aromatic carbocycles. The van der Waals surface area contributed by atoms with Crippen molar-refractivity contribution in [2.75, 3.05) is 6.54 Å². The van der Waals surface area contributed by atoms with Crippen LogP contribution in [0, 0.1) is 17.8 Å². The molecule has 0 spiro atoms. The molecule has 2 aliphatic carbocycles. The first-order valence-electron chi connectivity index (χ1n) is 9.13. The van der Waals surface area contributed by atoms with Crippen molar-refractivity contribution in [3.05, 3.63) is 0 Å². The van der Waals surface area contributed by atoms with Crippen LogP contribution < -0.4 is 10.6 Å². The van der Waals surface area contributed by atoms with Crippen LogP contribution in [0.4, 0.5) is 0 Å². The van der Waals surface area contributed by atoms with Crippen molar-refractivity contribution in [3.63, 3.8) is 0 Å². The Kier molecular flexibility index (Phi) is 6.71. The molecule has 0 atom stereocenters. The van der Waals surface area contributed by atoms with Gasteiger partial charge in [0.2, 0.25) is 11.8 Å². The van der Waals surface area contributed by atoms with E-state index in [1.807, 2.05) is 0 Å². The van der Waals surface area contributed by atoms with Crippen LogP contribution in [0.25, 0.3) is 0 Å². The second-order valence-corrected chi connectivity index (χ2v) is 7.29. The molecule has 2 rings (SSSR count). The zero-order chi connectivity index (χ0) is 15.9. The minimum absolute atomic E-state index is 0.0689. The smallest absolute Gasteiger partial charge is 0.223 e. The van der Waals surface area contributed by atoms with Crippen molar-refractivity contribution in [1.29, 1.82) is 0 Å². The minimum Gasteiger partial charge on any atom is -0.356 e. The Balaban J connectivity index is 1.62. The quantitative estimate of drug-likeness (QED) is 0.820. The number of rotatable bonds is 5. The van der Waals surface area contributed by atoms with Gasteiger partial charge in [0.25, 0.3) is 0 Å². The van der Waals surface area contributed by atoms with Gasteiger partial charge in [-0.1, -0.05) is 13.3 Å². The van der Waals surface area contributed by atoms with Crippen LogP contribution in [0.5, 0.6) is 0 Å². The molecule has 4 heteroatoms. The molecule has 126 valence electrons. The summed E-state index contributed by atoms with van der Waals surface area (Å²) in [6.07, 6.45) is 10.1. The van der Waals surface area contributed by atoms with Crippen molar-refractivity contribution in [2.45, 2.75) is 77.7 Å². The first kappa shape index (κ1) is 17.3. The predicted octanol–water partition coefficient (Wildman–Crippen LogP) is 3.01. The third kappa shape index (κ3) is 5.29. The summed E-state index contributed by atoms with van der Waals surface area (Å²) in [4.78, 5) is 23.3. The second-order valence-electron chi connectivity index (χ2n) is 7.29. The molecule has 22 heavy (non-hydrogen) atoms. The fourth-order valence-corrected chi connectivity index (χ4v) is 4.02. The van der Waals surface area contributed by atoms with Crippen LogP contribution in [0.2, 0.25) is 0 Å². The number of carbonyl (C=O) groups excluding carboxylic acids is 2.